The Morgan fingerprint density at radius 2 is 2.44 bits per heavy atom. The number of alkyl carbamates (subject to hydrolysis) is 1. The van der Waals surface area contributed by atoms with Crippen LogP contribution in [0.2, 0.25) is 0 Å². The first kappa shape index (κ1) is 12.9. The largest absolute Gasteiger partial charge is 0.450 e. The molecule has 0 atom stereocenters. The minimum absolute atomic E-state index is 0.143. The number of hydrogen-bond donors (Lipinski definition) is 2. The zero-order valence-corrected chi connectivity index (χ0v) is 10.9. The van der Waals surface area contributed by atoms with E-state index in [1.807, 2.05) is 0 Å². The molecule has 1 heterocycles. The van der Waals surface area contributed by atoms with Gasteiger partial charge >= 0.3 is 6.09 Å². The summed E-state index contributed by atoms with van der Waals surface area (Å²) >= 11 is 8.18. The van der Waals surface area contributed by atoms with Gasteiger partial charge in [-0.05, 0) is 31.3 Å². The standard InChI is InChI=1S/C9H10BrN3O2S/c1-2-15-9(14)13-8(16)12-7-5-6(10)3-4-11-7/h3-5H,2H2,1H3,(H2,11,12,13,14,16). The van der Waals surface area contributed by atoms with Crippen LogP contribution in [0.3, 0.4) is 0 Å². The van der Waals surface area contributed by atoms with Crippen molar-refractivity contribution in [3.8, 4) is 0 Å². The molecule has 1 amide bonds. The Hall–Kier alpha value is -1.21. The number of carbonyl (C=O) groups is 1. The summed E-state index contributed by atoms with van der Waals surface area (Å²) in [5.41, 5.74) is 0. The Bertz CT molecular complexity index is 400. The van der Waals surface area contributed by atoms with Gasteiger partial charge in [0.05, 0.1) is 6.61 Å². The molecule has 7 heteroatoms. The number of anilines is 1. The number of carbonyl (C=O) groups excluding carboxylic acids is 1. The molecule has 86 valence electrons. The normalized spacial score (nSPS) is 9.38. The van der Waals surface area contributed by atoms with E-state index in [1.54, 1.807) is 25.3 Å². The number of nitrogens with one attached hydrogen (secondary N) is 2. The molecule has 0 bridgehead atoms. The molecule has 0 unspecified atom stereocenters. The average molecular weight is 304 g/mol. The molecular weight excluding hydrogens is 294 g/mol. The van der Waals surface area contributed by atoms with E-state index < -0.39 is 6.09 Å². The summed E-state index contributed by atoms with van der Waals surface area (Å²) in [7, 11) is 0. The average Bonchev–Trinajstić information content (AvgIpc) is 2.17. The summed E-state index contributed by atoms with van der Waals surface area (Å²) < 4.78 is 5.53. The van der Waals surface area contributed by atoms with Gasteiger partial charge in [0.2, 0.25) is 0 Å². The smallest absolute Gasteiger partial charge is 0.413 e. The van der Waals surface area contributed by atoms with Crippen molar-refractivity contribution >= 4 is 45.2 Å². The Morgan fingerprint density at radius 1 is 1.69 bits per heavy atom. The van der Waals surface area contributed by atoms with Crippen LogP contribution in [0.15, 0.2) is 22.8 Å². The van der Waals surface area contributed by atoms with Crippen LogP contribution >= 0.6 is 28.1 Å². The number of pyridine rings is 1. The number of nitrogens with zero attached hydrogens (tertiary/aromatic N) is 1. The van der Waals surface area contributed by atoms with E-state index in [1.165, 1.54) is 0 Å². The van der Waals surface area contributed by atoms with Gasteiger partial charge in [0, 0.05) is 10.7 Å². The number of rotatable bonds is 2. The van der Waals surface area contributed by atoms with Crippen LogP contribution in [0.4, 0.5) is 10.6 Å². The van der Waals surface area contributed by atoms with Gasteiger partial charge in [-0.15, -0.1) is 0 Å². The molecule has 0 radical (unpaired) electrons. The van der Waals surface area contributed by atoms with E-state index in [0.717, 1.165) is 4.47 Å². The first-order chi connectivity index (χ1) is 7.61. The van der Waals surface area contributed by atoms with Gasteiger partial charge in [-0.25, -0.2) is 9.78 Å². The van der Waals surface area contributed by atoms with E-state index in [2.05, 4.69) is 36.3 Å². The summed E-state index contributed by atoms with van der Waals surface area (Å²) in [6.07, 6.45) is 1.02. The van der Waals surface area contributed by atoms with Crippen molar-refractivity contribution in [1.82, 2.24) is 10.3 Å². The van der Waals surface area contributed by atoms with Crippen LogP contribution in [-0.4, -0.2) is 22.8 Å². The summed E-state index contributed by atoms with van der Waals surface area (Å²) in [6.45, 7) is 2.01. The van der Waals surface area contributed by atoms with Crippen LogP contribution < -0.4 is 10.6 Å². The minimum atomic E-state index is -0.588. The topological polar surface area (TPSA) is 63.2 Å². The maximum atomic E-state index is 11.0. The van der Waals surface area contributed by atoms with Gasteiger partial charge in [0.25, 0.3) is 0 Å². The maximum Gasteiger partial charge on any atom is 0.413 e. The summed E-state index contributed by atoms with van der Waals surface area (Å²) in [5.74, 6) is 0.538. The molecule has 0 saturated carbocycles. The first-order valence-electron chi connectivity index (χ1n) is 4.48. The van der Waals surface area contributed by atoms with Crippen molar-refractivity contribution in [2.75, 3.05) is 11.9 Å². The van der Waals surface area contributed by atoms with Gasteiger partial charge in [0.15, 0.2) is 5.11 Å². The van der Waals surface area contributed by atoms with Crippen molar-refractivity contribution < 1.29 is 9.53 Å². The van der Waals surface area contributed by atoms with E-state index in [0.29, 0.717) is 12.4 Å². The molecule has 0 saturated heterocycles. The summed E-state index contributed by atoms with van der Waals surface area (Å²) in [4.78, 5) is 15.0. The monoisotopic (exact) mass is 303 g/mol. The molecule has 1 rings (SSSR count). The van der Waals surface area contributed by atoms with E-state index in [-0.39, 0.29) is 5.11 Å². The second-order valence-electron chi connectivity index (χ2n) is 2.66. The Labute approximate surface area is 107 Å². The lowest BCUT2D eigenvalue weighted by Gasteiger charge is -2.08. The van der Waals surface area contributed by atoms with Crippen molar-refractivity contribution in [2.45, 2.75) is 6.92 Å². The van der Waals surface area contributed by atoms with Gasteiger partial charge in [-0.3, -0.25) is 5.32 Å². The SMILES string of the molecule is CCOC(=O)NC(=S)Nc1cc(Br)ccn1. The number of aromatic nitrogens is 1. The predicted molar refractivity (Wildman–Crippen MR) is 68.3 cm³/mol. The number of ether oxygens (including phenoxy) is 1. The van der Waals surface area contributed by atoms with E-state index in [9.17, 15) is 4.79 Å². The second-order valence-corrected chi connectivity index (χ2v) is 3.98. The van der Waals surface area contributed by atoms with Gasteiger partial charge in [-0.2, -0.15) is 0 Å². The van der Waals surface area contributed by atoms with Crippen LogP contribution in [0.5, 0.6) is 0 Å². The molecule has 0 spiro atoms. The number of amides is 1. The Balaban J connectivity index is 2.48. The third kappa shape index (κ3) is 4.54. The van der Waals surface area contributed by atoms with Gasteiger partial charge < -0.3 is 10.1 Å². The molecular formula is C9H10BrN3O2S. The quantitative estimate of drug-likeness (QED) is 0.821. The molecule has 0 aliphatic rings. The number of hydrogen-bond acceptors (Lipinski definition) is 4. The number of halogens is 1. The Morgan fingerprint density at radius 3 is 3.06 bits per heavy atom. The van der Waals surface area contributed by atoms with Crippen LogP contribution in [0, 0.1) is 0 Å². The molecule has 0 aliphatic heterocycles. The minimum Gasteiger partial charge on any atom is -0.450 e. The lowest BCUT2D eigenvalue weighted by atomic mass is 10.5. The molecule has 5 nitrogen and oxygen atoms in total. The van der Waals surface area contributed by atoms with Crippen molar-refractivity contribution in [1.29, 1.82) is 0 Å². The highest BCUT2D eigenvalue weighted by Gasteiger charge is 2.05. The lowest BCUT2D eigenvalue weighted by Crippen LogP contribution is -2.34. The second kappa shape index (κ2) is 6.39. The zero-order valence-electron chi connectivity index (χ0n) is 8.49. The number of thiocarbonyl (C=S) groups is 1. The fourth-order valence-electron chi connectivity index (χ4n) is 0.881. The molecule has 2 N–H and O–H groups in total. The van der Waals surface area contributed by atoms with E-state index in [4.69, 9.17) is 12.2 Å². The van der Waals surface area contributed by atoms with Crippen LogP contribution in [0.25, 0.3) is 0 Å². The fourth-order valence-corrected chi connectivity index (χ4v) is 1.40. The highest BCUT2D eigenvalue weighted by Crippen LogP contribution is 2.12. The summed E-state index contributed by atoms with van der Waals surface area (Å²) in [6, 6.07) is 3.52. The Kier molecular flexibility index (Phi) is 5.13. The summed E-state index contributed by atoms with van der Waals surface area (Å²) in [5, 5.41) is 5.25. The van der Waals surface area contributed by atoms with Crippen molar-refractivity contribution in [3.63, 3.8) is 0 Å². The highest BCUT2D eigenvalue weighted by atomic mass is 79.9. The lowest BCUT2D eigenvalue weighted by molar-refractivity contribution is 0.158. The molecule has 0 fully saturated rings. The molecule has 0 aliphatic carbocycles. The predicted octanol–water partition coefficient (Wildman–Crippen LogP) is 2.29. The van der Waals surface area contributed by atoms with Gasteiger partial charge in [-0.1, -0.05) is 15.9 Å². The molecule has 16 heavy (non-hydrogen) atoms. The molecule has 1 aromatic rings. The maximum absolute atomic E-state index is 11.0. The van der Waals surface area contributed by atoms with Gasteiger partial charge in [0.1, 0.15) is 5.82 Å². The van der Waals surface area contributed by atoms with Crippen molar-refractivity contribution in [3.05, 3.63) is 22.8 Å². The third-order valence-corrected chi connectivity index (χ3v) is 2.15. The fraction of sp³-hybridized carbons (Fsp3) is 0.222. The van der Waals surface area contributed by atoms with E-state index >= 15 is 0 Å². The molecule has 1 aromatic heterocycles. The zero-order chi connectivity index (χ0) is 12.0. The first-order valence-corrected chi connectivity index (χ1v) is 5.68. The van der Waals surface area contributed by atoms with Crippen LogP contribution in [0.1, 0.15) is 6.92 Å². The molecule has 0 aromatic carbocycles. The van der Waals surface area contributed by atoms with Crippen molar-refractivity contribution in [2.24, 2.45) is 0 Å². The third-order valence-electron chi connectivity index (χ3n) is 1.45. The van der Waals surface area contributed by atoms with Crippen LogP contribution in [-0.2, 0) is 4.74 Å². The highest BCUT2D eigenvalue weighted by molar-refractivity contribution is 9.10.